The lowest BCUT2D eigenvalue weighted by Crippen LogP contribution is -2.21. The second-order valence-electron chi connectivity index (χ2n) is 6.05. The highest BCUT2D eigenvalue weighted by atomic mass is 15.0. The largest absolute Gasteiger partial charge is 0.350 e. The molecule has 0 aliphatic rings. The molecule has 108 valence electrons. The van der Waals surface area contributed by atoms with E-state index in [2.05, 4.69) is 74.2 Å². The van der Waals surface area contributed by atoms with Crippen molar-refractivity contribution in [1.82, 2.24) is 9.88 Å². The Balaban J connectivity index is 2.14. The molecule has 1 atom stereocenters. The van der Waals surface area contributed by atoms with Gasteiger partial charge in [-0.05, 0) is 55.1 Å². The average Bonchev–Trinajstić information content (AvgIpc) is 2.82. The summed E-state index contributed by atoms with van der Waals surface area (Å²) in [6, 6.07) is 9.37. The zero-order valence-electron chi connectivity index (χ0n) is 13.3. The minimum absolute atomic E-state index is 0.427. The summed E-state index contributed by atoms with van der Waals surface area (Å²) < 4.78 is 2.27. The molecule has 2 rings (SSSR count). The molecule has 2 heteroatoms. The Labute approximate surface area is 122 Å². The number of hydrogen-bond acceptors (Lipinski definition) is 1. The van der Waals surface area contributed by atoms with Crippen molar-refractivity contribution < 1.29 is 0 Å². The van der Waals surface area contributed by atoms with E-state index in [9.17, 15) is 0 Å². The van der Waals surface area contributed by atoms with Gasteiger partial charge in [-0.25, -0.2) is 0 Å². The van der Waals surface area contributed by atoms with Gasteiger partial charge >= 0.3 is 0 Å². The van der Waals surface area contributed by atoms with Crippen LogP contribution in [-0.2, 0) is 6.54 Å². The summed E-state index contributed by atoms with van der Waals surface area (Å²) in [5.41, 5.74) is 5.45. The Kier molecular flexibility index (Phi) is 4.66. The van der Waals surface area contributed by atoms with Crippen LogP contribution in [0.3, 0.4) is 0 Å². The number of aromatic nitrogens is 1. The Hall–Kier alpha value is -1.54. The van der Waals surface area contributed by atoms with Crippen LogP contribution in [0.2, 0.25) is 0 Å². The predicted octanol–water partition coefficient (Wildman–Crippen LogP) is 4.07. The maximum Gasteiger partial charge on any atom is 0.0470 e. The number of aryl methyl sites for hydroxylation is 2. The van der Waals surface area contributed by atoms with E-state index in [4.69, 9.17) is 0 Å². The standard InChI is InChI=1S/C18H26N2/c1-13(2)18(19-5)17-8-9-20(12-17)11-16-7-6-14(3)15(4)10-16/h6-10,12-13,18-19H,11H2,1-5H3. The summed E-state index contributed by atoms with van der Waals surface area (Å²) in [6.45, 7) is 9.78. The molecule has 1 aromatic carbocycles. The molecule has 0 saturated carbocycles. The first-order valence-electron chi connectivity index (χ1n) is 7.40. The average molecular weight is 270 g/mol. The van der Waals surface area contributed by atoms with Crippen LogP contribution >= 0.6 is 0 Å². The summed E-state index contributed by atoms with van der Waals surface area (Å²) in [7, 11) is 2.03. The summed E-state index contributed by atoms with van der Waals surface area (Å²) in [4.78, 5) is 0. The lowest BCUT2D eigenvalue weighted by molar-refractivity contribution is 0.443. The third kappa shape index (κ3) is 3.31. The predicted molar refractivity (Wildman–Crippen MR) is 86.1 cm³/mol. The molecule has 0 fully saturated rings. The van der Waals surface area contributed by atoms with Crippen LogP contribution in [0.5, 0.6) is 0 Å². The summed E-state index contributed by atoms with van der Waals surface area (Å²) >= 11 is 0. The molecule has 0 amide bonds. The lowest BCUT2D eigenvalue weighted by Gasteiger charge is -2.18. The molecule has 0 bridgehead atoms. The van der Waals surface area contributed by atoms with Gasteiger partial charge in [-0.3, -0.25) is 0 Å². The Morgan fingerprint density at radius 3 is 2.45 bits per heavy atom. The van der Waals surface area contributed by atoms with Crippen molar-refractivity contribution in [3.63, 3.8) is 0 Å². The molecule has 0 spiro atoms. The smallest absolute Gasteiger partial charge is 0.0470 e. The maximum absolute atomic E-state index is 3.40. The van der Waals surface area contributed by atoms with Gasteiger partial charge in [0.1, 0.15) is 0 Å². The van der Waals surface area contributed by atoms with Gasteiger partial charge in [0, 0.05) is 25.0 Å². The van der Waals surface area contributed by atoms with E-state index in [0.717, 1.165) is 6.54 Å². The molecule has 1 heterocycles. The van der Waals surface area contributed by atoms with Gasteiger partial charge in [0.05, 0.1) is 0 Å². The Morgan fingerprint density at radius 2 is 1.85 bits per heavy atom. The van der Waals surface area contributed by atoms with Crippen LogP contribution in [0.4, 0.5) is 0 Å². The molecule has 20 heavy (non-hydrogen) atoms. The van der Waals surface area contributed by atoms with Crippen molar-refractivity contribution in [3.05, 3.63) is 58.9 Å². The highest BCUT2D eigenvalue weighted by Crippen LogP contribution is 2.22. The van der Waals surface area contributed by atoms with Gasteiger partial charge in [0.15, 0.2) is 0 Å². The first-order valence-corrected chi connectivity index (χ1v) is 7.40. The van der Waals surface area contributed by atoms with E-state index in [-0.39, 0.29) is 0 Å². The summed E-state index contributed by atoms with van der Waals surface area (Å²) in [6.07, 6.45) is 4.44. The van der Waals surface area contributed by atoms with Gasteiger partial charge in [0.25, 0.3) is 0 Å². The molecule has 2 nitrogen and oxygen atoms in total. The van der Waals surface area contributed by atoms with E-state index in [1.54, 1.807) is 0 Å². The van der Waals surface area contributed by atoms with Crippen LogP contribution in [0.1, 0.15) is 42.1 Å². The number of hydrogen-bond donors (Lipinski definition) is 1. The maximum atomic E-state index is 3.40. The van der Waals surface area contributed by atoms with Gasteiger partial charge < -0.3 is 9.88 Å². The summed E-state index contributed by atoms with van der Waals surface area (Å²) in [5, 5.41) is 3.40. The topological polar surface area (TPSA) is 17.0 Å². The monoisotopic (exact) mass is 270 g/mol. The van der Waals surface area contributed by atoms with E-state index < -0.39 is 0 Å². The van der Waals surface area contributed by atoms with Gasteiger partial charge in [0.2, 0.25) is 0 Å². The molecule has 0 aliphatic heterocycles. The molecular formula is C18H26N2. The normalized spacial score (nSPS) is 12.9. The van der Waals surface area contributed by atoms with Crippen LogP contribution in [-0.4, -0.2) is 11.6 Å². The van der Waals surface area contributed by atoms with Crippen LogP contribution in [0.25, 0.3) is 0 Å². The van der Waals surface area contributed by atoms with Crippen LogP contribution in [0, 0.1) is 19.8 Å². The van der Waals surface area contributed by atoms with Gasteiger partial charge in [-0.2, -0.15) is 0 Å². The quantitative estimate of drug-likeness (QED) is 0.866. The Morgan fingerprint density at radius 1 is 1.10 bits per heavy atom. The van der Waals surface area contributed by atoms with Gasteiger partial charge in [-0.1, -0.05) is 32.0 Å². The molecular weight excluding hydrogens is 244 g/mol. The highest BCUT2D eigenvalue weighted by Gasteiger charge is 2.14. The number of nitrogens with zero attached hydrogens (tertiary/aromatic N) is 1. The molecule has 1 aromatic heterocycles. The van der Waals surface area contributed by atoms with Crippen LogP contribution in [0.15, 0.2) is 36.7 Å². The zero-order chi connectivity index (χ0) is 14.7. The van der Waals surface area contributed by atoms with E-state index in [1.807, 2.05) is 7.05 Å². The molecule has 0 aliphatic carbocycles. The Bertz CT molecular complexity index is 567. The van der Waals surface area contributed by atoms with Crippen molar-refractivity contribution >= 4 is 0 Å². The SMILES string of the molecule is CNC(c1ccn(Cc2ccc(C)c(C)c2)c1)C(C)C. The minimum Gasteiger partial charge on any atom is -0.350 e. The van der Waals surface area contributed by atoms with Crippen LogP contribution < -0.4 is 5.32 Å². The number of rotatable bonds is 5. The van der Waals surface area contributed by atoms with Crippen molar-refractivity contribution in [2.75, 3.05) is 7.05 Å². The van der Waals surface area contributed by atoms with Crippen molar-refractivity contribution in [3.8, 4) is 0 Å². The fourth-order valence-corrected chi connectivity index (χ4v) is 2.74. The lowest BCUT2D eigenvalue weighted by atomic mass is 9.99. The highest BCUT2D eigenvalue weighted by molar-refractivity contribution is 5.30. The first-order chi connectivity index (χ1) is 9.51. The van der Waals surface area contributed by atoms with E-state index >= 15 is 0 Å². The van der Waals surface area contributed by atoms with Crippen molar-refractivity contribution in [1.29, 1.82) is 0 Å². The van der Waals surface area contributed by atoms with E-state index in [1.165, 1.54) is 22.3 Å². The third-order valence-electron chi connectivity index (χ3n) is 4.05. The van der Waals surface area contributed by atoms with Crippen molar-refractivity contribution in [2.24, 2.45) is 5.92 Å². The molecule has 1 N–H and O–H groups in total. The number of nitrogens with one attached hydrogen (secondary N) is 1. The van der Waals surface area contributed by atoms with Gasteiger partial charge in [-0.15, -0.1) is 0 Å². The first kappa shape index (κ1) is 14.9. The second-order valence-corrected chi connectivity index (χ2v) is 6.05. The molecule has 2 aromatic rings. The molecule has 1 unspecified atom stereocenters. The fourth-order valence-electron chi connectivity index (χ4n) is 2.74. The zero-order valence-corrected chi connectivity index (χ0v) is 13.3. The molecule has 0 radical (unpaired) electrons. The fraction of sp³-hybridized carbons (Fsp3) is 0.444. The second kappa shape index (κ2) is 6.27. The summed E-state index contributed by atoms with van der Waals surface area (Å²) in [5.74, 6) is 0.595. The minimum atomic E-state index is 0.427. The molecule has 0 saturated heterocycles. The third-order valence-corrected chi connectivity index (χ3v) is 4.05. The van der Waals surface area contributed by atoms with Crippen molar-refractivity contribution in [2.45, 2.75) is 40.3 Å². The number of benzene rings is 1. The van der Waals surface area contributed by atoms with E-state index in [0.29, 0.717) is 12.0 Å².